The molecule has 1 aromatic carbocycles. The van der Waals surface area contributed by atoms with Crippen LogP contribution in [0.5, 0.6) is 0 Å². The number of aryl methyl sites for hydroxylation is 2. The Morgan fingerprint density at radius 2 is 2.15 bits per heavy atom. The highest BCUT2D eigenvalue weighted by Gasteiger charge is 2.27. The van der Waals surface area contributed by atoms with E-state index >= 15 is 0 Å². The van der Waals surface area contributed by atoms with E-state index in [1.54, 1.807) is 4.68 Å². The predicted octanol–water partition coefficient (Wildman–Crippen LogP) is 2.17. The zero-order valence-corrected chi connectivity index (χ0v) is 15.4. The standard InChI is InChI=1S/C19H23N7O/c1-14-4-6-15(7-5-14)17-11-20-22-19(17)16-3-2-9-25(12-16)18(27)8-10-26-13-21-23-24-26/h4-7,11,13,16H,2-3,8-10,12H2,1H3,(H,20,22)/t16-/m1/s1. The van der Waals surface area contributed by atoms with Gasteiger partial charge in [0.05, 0.1) is 12.7 Å². The Morgan fingerprint density at radius 1 is 1.30 bits per heavy atom. The average molecular weight is 365 g/mol. The summed E-state index contributed by atoms with van der Waals surface area (Å²) < 4.78 is 1.59. The zero-order chi connectivity index (χ0) is 18.6. The van der Waals surface area contributed by atoms with Crippen LogP contribution in [0.15, 0.2) is 36.8 Å². The molecule has 0 bridgehead atoms. The highest BCUT2D eigenvalue weighted by Crippen LogP contribution is 2.33. The van der Waals surface area contributed by atoms with E-state index in [1.165, 1.54) is 11.9 Å². The highest BCUT2D eigenvalue weighted by atomic mass is 16.2. The van der Waals surface area contributed by atoms with Gasteiger partial charge in [-0.05, 0) is 35.8 Å². The van der Waals surface area contributed by atoms with Crippen LogP contribution in [0.2, 0.25) is 0 Å². The number of aromatic nitrogens is 6. The van der Waals surface area contributed by atoms with Crippen LogP contribution in [-0.2, 0) is 11.3 Å². The van der Waals surface area contributed by atoms with Crippen molar-refractivity contribution in [2.24, 2.45) is 0 Å². The van der Waals surface area contributed by atoms with Crippen molar-refractivity contribution >= 4 is 5.91 Å². The lowest BCUT2D eigenvalue weighted by atomic mass is 9.90. The molecule has 1 saturated heterocycles. The number of nitrogens with one attached hydrogen (secondary N) is 1. The first-order chi connectivity index (χ1) is 13.2. The van der Waals surface area contributed by atoms with Crippen LogP contribution in [-0.4, -0.2) is 54.3 Å². The normalized spacial score (nSPS) is 17.2. The lowest BCUT2D eigenvalue weighted by molar-refractivity contribution is -0.132. The number of H-pyrrole nitrogens is 1. The minimum Gasteiger partial charge on any atom is -0.342 e. The molecule has 1 fully saturated rings. The van der Waals surface area contributed by atoms with Crippen LogP contribution < -0.4 is 0 Å². The van der Waals surface area contributed by atoms with E-state index in [1.807, 2.05) is 11.1 Å². The van der Waals surface area contributed by atoms with Gasteiger partial charge >= 0.3 is 0 Å². The van der Waals surface area contributed by atoms with E-state index in [9.17, 15) is 4.79 Å². The first-order valence-electron chi connectivity index (χ1n) is 9.29. The minimum absolute atomic E-state index is 0.145. The molecule has 1 aliphatic heterocycles. The van der Waals surface area contributed by atoms with E-state index < -0.39 is 0 Å². The Balaban J connectivity index is 1.45. The van der Waals surface area contributed by atoms with Gasteiger partial charge in [-0.1, -0.05) is 29.8 Å². The molecule has 4 rings (SSSR count). The quantitative estimate of drug-likeness (QED) is 0.748. The molecule has 27 heavy (non-hydrogen) atoms. The molecule has 2 aromatic heterocycles. The fourth-order valence-corrected chi connectivity index (χ4v) is 3.66. The molecule has 0 saturated carbocycles. The topological polar surface area (TPSA) is 92.6 Å². The Morgan fingerprint density at radius 3 is 2.93 bits per heavy atom. The largest absolute Gasteiger partial charge is 0.342 e. The van der Waals surface area contributed by atoms with E-state index in [0.717, 1.165) is 42.8 Å². The van der Waals surface area contributed by atoms with Gasteiger partial charge in [0.25, 0.3) is 0 Å². The lowest BCUT2D eigenvalue weighted by Crippen LogP contribution is -2.39. The van der Waals surface area contributed by atoms with Crippen LogP contribution >= 0.6 is 0 Å². The maximum absolute atomic E-state index is 12.6. The van der Waals surface area contributed by atoms with Crippen LogP contribution in [0.4, 0.5) is 0 Å². The van der Waals surface area contributed by atoms with Gasteiger partial charge in [0.1, 0.15) is 6.33 Å². The molecule has 1 amide bonds. The minimum atomic E-state index is 0.145. The molecule has 0 unspecified atom stereocenters. The van der Waals surface area contributed by atoms with Crippen molar-refractivity contribution in [3.63, 3.8) is 0 Å². The number of benzene rings is 1. The smallest absolute Gasteiger partial charge is 0.224 e. The van der Waals surface area contributed by atoms with Crippen LogP contribution in [0.25, 0.3) is 11.1 Å². The summed E-state index contributed by atoms with van der Waals surface area (Å²) in [6.07, 6.45) is 5.88. The molecule has 1 atom stereocenters. The molecule has 8 heteroatoms. The van der Waals surface area contributed by atoms with E-state index in [2.05, 4.69) is 56.9 Å². The van der Waals surface area contributed by atoms with Gasteiger partial charge in [-0.15, -0.1) is 5.10 Å². The molecule has 0 radical (unpaired) electrons. The molecular formula is C19H23N7O. The number of rotatable bonds is 5. The maximum atomic E-state index is 12.6. The number of tetrazole rings is 1. The van der Waals surface area contributed by atoms with E-state index in [-0.39, 0.29) is 11.8 Å². The monoisotopic (exact) mass is 365 g/mol. The molecule has 8 nitrogen and oxygen atoms in total. The fraction of sp³-hybridized carbons (Fsp3) is 0.421. The number of amides is 1. The van der Waals surface area contributed by atoms with Gasteiger partial charge in [-0.2, -0.15) is 5.10 Å². The van der Waals surface area contributed by atoms with Crippen molar-refractivity contribution < 1.29 is 4.79 Å². The SMILES string of the molecule is Cc1ccc(-c2cn[nH]c2[C@@H]2CCCN(C(=O)CCn3cnnn3)C2)cc1. The van der Waals surface area contributed by atoms with Crippen molar-refractivity contribution in [2.75, 3.05) is 13.1 Å². The number of hydrogen-bond acceptors (Lipinski definition) is 5. The molecule has 0 spiro atoms. The lowest BCUT2D eigenvalue weighted by Gasteiger charge is -2.33. The van der Waals surface area contributed by atoms with Gasteiger partial charge in [-0.25, -0.2) is 4.68 Å². The summed E-state index contributed by atoms with van der Waals surface area (Å²) in [6.45, 7) is 4.11. The summed E-state index contributed by atoms with van der Waals surface area (Å²) in [5.41, 5.74) is 4.65. The summed E-state index contributed by atoms with van der Waals surface area (Å²) in [5.74, 6) is 0.418. The summed E-state index contributed by atoms with van der Waals surface area (Å²) in [6, 6.07) is 8.48. The summed E-state index contributed by atoms with van der Waals surface area (Å²) >= 11 is 0. The first kappa shape index (κ1) is 17.4. The number of piperidine rings is 1. The third kappa shape index (κ3) is 3.89. The highest BCUT2D eigenvalue weighted by molar-refractivity contribution is 5.76. The van der Waals surface area contributed by atoms with Gasteiger partial charge in [0, 0.05) is 36.7 Å². The van der Waals surface area contributed by atoms with Gasteiger partial charge in [0.2, 0.25) is 5.91 Å². The van der Waals surface area contributed by atoms with E-state index in [4.69, 9.17) is 0 Å². The Kier molecular flexibility index (Phi) is 4.95. The second-order valence-electron chi connectivity index (χ2n) is 7.07. The second-order valence-corrected chi connectivity index (χ2v) is 7.07. The third-order valence-corrected chi connectivity index (χ3v) is 5.16. The van der Waals surface area contributed by atoms with Gasteiger partial charge < -0.3 is 4.90 Å². The second kappa shape index (κ2) is 7.69. The summed E-state index contributed by atoms with van der Waals surface area (Å²) in [7, 11) is 0. The molecule has 3 aromatic rings. The molecule has 140 valence electrons. The Bertz CT molecular complexity index is 885. The predicted molar refractivity (Wildman–Crippen MR) is 99.7 cm³/mol. The third-order valence-electron chi connectivity index (χ3n) is 5.16. The average Bonchev–Trinajstić information content (AvgIpc) is 3.39. The molecule has 1 aliphatic rings. The Labute approximate surface area is 157 Å². The maximum Gasteiger partial charge on any atom is 0.224 e. The van der Waals surface area contributed by atoms with Crippen LogP contribution in [0.3, 0.4) is 0 Å². The van der Waals surface area contributed by atoms with Crippen molar-refractivity contribution in [3.05, 3.63) is 48.0 Å². The number of hydrogen-bond donors (Lipinski definition) is 1. The summed E-state index contributed by atoms with van der Waals surface area (Å²) in [5, 5.41) is 18.5. The van der Waals surface area contributed by atoms with Crippen LogP contribution in [0.1, 0.15) is 36.4 Å². The van der Waals surface area contributed by atoms with Crippen molar-refractivity contribution in [1.82, 2.24) is 35.3 Å². The molecule has 1 N–H and O–H groups in total. The number of nitrogens with zero attached hydrogens (tertiary/aromatic N) is 6. The zero-order valence-electron chi connectivity index (χ0n) is 15.4. The first-order valence-corrected chi connectivity index (χ1v) is 9.29. The van der Waals surface area contributed by atoms with Crippen LogP contribution in [0, 0.1) is 6.92 Å². The van der Waals surface area contributed by atoms with Gasteiger partial charge in [0.15, 0.2) is 0 Å². The number of carbonyl (C=O) groups excluding carboxylic acids is 1. The van der Waals surface area contributed by atoms with Crippen molar-refractivity contribution in [1.29, 1.82) is 0 Å². The number of aromatic amines is 1. The van der Waals surface area contributed by atoms with E-state index in [0.29, 0.717) is 13.0 Å². The Hall–Kier alpha value is -3.03. The number of likely N-dealkylation sites (tertiary alicyclic amines) is 1. The van der Waals surface area contributed by atoms with Crippen molar-refractivity contribution in [2.45, 2.75) is 38.6 Å². The summed E-state index contributed by atoms with van der Waals surface area (Å²) in [4.78, 5) is 14.6. The fourth-order valence-electron chi connectivity index (χ4n) is 3.66. The van der Waals surface area contributed by atoms with Crippen molar-refractivity contribution in [3.8, 4) is 11.1 Å². The van der Waals surface area contributed by atoms with Gasteiger partial charge in [-0.3, -0.25) is 9.89 Å². The molecule has 0 aliphatic carbocycles. The number of carbonyl (C=O) groups is 1. The molecule has 3 heterocycles. The molecular weight excluding hydrogens is 342 g/mol.